The van der Waals surface area contributed by atoms with Crippen LogP contribution in [0.15, 0.2) is 51.4 Å². The summed E-state index contributed by atoms with van der Waals surface area (Å²) in [5, 5.41) is 23.5. The predicted octanol–water partition coefficient (Wildman–Crippen LogP) is 4.40. The molecule has 35 heavy (non-hydrogen) atoms. The molecule has 0 saturated heterocycles. The molecule has 0 saturated carbocycles. The fourth-order valence-corrected chi connectivity index (χ4v) is 3.99. The van der Waals surface area contributed by atoms with Gasteiger partial charge < -0.3 is 15.5 Å². The Kier molecular flexibility index (Phi) is 8.10. The van der Waals surface area contributed by atoms with Crippen molar-refractivity contribution in [2.75, 3.05) is 12.4 Å². The molecule has 1 aliphatic heterocycles. The zero-order valence-corrected chi connectivity index (χ0v) is 19.8. The maximum absolute atomic E-state index is 10.6. The van der Waals surface area contributed by atoms with Gasteiger partial charge in [-0.1, -0.05) is 46.7 Å². The zero-order chi connectivity index (χ0) is 25.8. The first-order valence-corrected chi connectivity index (χ1v) is 11.0. The number of carboxylic acid groups (broad SMARTS) is 1. The summed E-state index contributed by atoms with van der Waals surface area (Å²) in [5.74, 6) is -2.22. The molecule has 2 aromatic carbocycles. The van der Waals surface area contributed by atoms with Crippen molar-refractivity contribution in [3.63, 3.8) is 0 Å². The molecule has 0 unspecified atom stereocenters. The molecule has 8 nitrogen and oxygen atoms in total. The third-order valence-corrected chi connectivity index (χ3v) is 5.76. The molecule has 14 heteroatoms. The number of aliphatic imine (C=N–C) groups is 2. The van der Waals surface area contributed by atoms with Crippen LogP contribution in [0.3, 0.4) is 0 Å². The molecule has 1 aromatic heterocycles. The number of benzene rings is 2. The highest BCUT2D eigenvalue weighted by Gasteiger charge is 2.38. The summed E-state index contributed by atoms with van der Waals surface area (Å²) in [6.07, 6.45) is -1.76. The molecule has 4 rings (SSSR count). The lowest BCUT2D eigenvalue weighted by Crippen LogP contribution is -2.22. The highest BCUT2D eigenvalue weighted by Crippen LogP contribution is 2.36. The fourth-order valence-electron chi connectivity index (χ4n) is 2.68. The van der Waals surface area contributed by atoms with E-state index in [2.05, 4.69) is 25.3 Å². The Morgan fingerprint density at radius 2 is 1.86 bits per heavy atom. The number of aromatic nitrogens is 1. The van der Waals surface area contributed by atoms with Gasteiger partial charge in [-0.3, -0.25) is 4.99 Å². The molecule has 0 fully saturated rings. The van der Waals surface area contributed by atoms with Gasteiger partial charge in [0, 0.05) is 12.6 Å². The topological polar surface area (TPSA) is 120 Å². The largest absolute Gasteiger partial charge is 0.492 e. The van der Waals surface area contributed by atoms with Gasteiger partial charge >= 0.3 is 12.1 Å². The Morgan fingerprint density at radius 1 is 1.20 bits per heavy atom. The summed E-state index contributed by atoms with van der Waals surface area (Å²) in [6.45, 7) is 0. The summed E-state index contributed by atoms with van der Waals surface area (Å²) < 4.78 is 31.7. The van der Waals surface area contributed by atoms with Crippen LogP contribution >= 0.6 is 34.5 Å². The van der Waals surface area contributed by atoms with Gasteiger partial charge in [0.05, 0.1) is 26.0 Å². The summed E-state index contributed by atoms with van der Waals surface area (Å²) >= 11 is 13.6. The lowest BCUT2D eigenvalue weighted by molar-refractivity contribution is -0.192. The monoisotopic (exact) mass is 543 g/mol. The van der Waals surface area contributed by atoms with Gasteiger partial charge in [-0.2, -0.15) is 18.2 Å². The Bertz CT molecular complexity index is 1440. The van der Waals surface area contributed by atoms with Crippen LogP contribution in [0.4, 0.5) is 24.0 Å². The normalized spacial score (nSPS) is 14.1. The van der Waals surface area contributed by atoms with Crippen molar-refractivity contribution in [1.82, 2.24) is 4.98 Å². The fraction of sp³-hybridized carbons (Fsp3) is 0.0952. The number of halogens is 5. The van der Waals surface area contributed by atoms with E-state index in [1.807, 2.05) is 24.3 Å². The molecule has 0 aliphatic carbocycles. The van der Waals surface area contributed by atoms with Crippen LogP contribution in [-0.4, -0.2) is 46.6 Å². The van der Waals surface area contributed by atoms with E-state index in [1.165, 1.54) is 17.7 Å². The number of aromatic hydroxyl groups is 1. The number of anilines is 2. The molecule has 0 radical (unpaired) electrons. The number of fused-ring (bicyclic) bond motifs is 1. The lowest BCUT2D eigenvalue weighted by atomic mass is 10.1. The summed E-state index contributed by atoms with van der Waals surface area (Å²) in [5.41, 5.74) is 1.38. The van der Waals surface area contributed by atoms with Crippen LogP contribution < -0.4 is 15.9 Å². The van der Waals surface area contributed by atoms with Crippen molar-refractivity contribution in [3.8, 4) is 5.88 Å². The minimum absolute atomic E-state index is 0.0829. The van der Waals surface area contributed by atoms with Gasteiger partial charge in [0.15, 0.2) is 11.0 Å². The molecular weight excluding hydrogens is 530 g/mol. The molecular formula is C21H14Cl2F3N5O3S. The van der Waals surface area contributed by atoms with Crippen molar-refractivity contribution in [3.05, 3.63) is 67.5 Å². The molecule has 0 spiro atoms. The summed E-state index contributed by atoms with van der Waals surface area (Å²) in [7, 11) is 1.69. The number of rotatable bonds is 3. The molecule has 182 valence electrons. The Morgan fingerprint density at radius 3 is 2.46 bits per heavy atom. The van der Waals surface area contributed by atoms with Crippen LogP contribution in [0, 0.1) is 0 Å². The molecule has 2 heterocycles. The standard InChI is InChI=1S/C19H13Cl2N5OS.C2HF3O2/c1-22-17-11-7-10(5-6-14(11)23-9-24-17)8-15-18(27)26-19(28-15)25-16-12(20)3-2-4-13(16)21;3-2(4,5)1(6)7/h2-9,27H,1H3,(H,25,26);(H,6,7). The molecule has 3 N–H and O–H groups in total. The summed E-state index contributed by atoms with van der Waals surface area (Å²) in [4.78, 5) is 26.2. The minimum atomic E-state index is -5.08. The van der Waals surface area contributed by atoms with Crippen LogP contribution in [0.1, 0.15) is 10.4 Å². The SMILES string of the molecule is CN=C1N=CN=c2ccc(=Cc3sc(Nc4c(Cl)cccc4Cl)nc3O)cc21.O=C(O)C(F)(F)F. The lowest BCUT2D eigenvalue weighted by Gasteiger charge is -2.06. The maximum Gasteiger partial charge on any atom is 0.490 e. The number of nitrogens with one attached hydrogen (secondary N) is 1. The van der Waals surface area contributed by atoms with Gasteiger partial charge in [0.1, 0.15) is 6.34 Å². The second kappa shape index (κ2) is 10.8. The van der Waals surface area contributed by atoms with Crippen molar-refractivity contribution >= 4 is 69.6 Å². The molecule has 0 amide bonds. The molecule has 0 atom stereocenters. The Balaban J connectivity index is 0.000000429. The van der Waals surface area contributed by atoms with Crippen molar-refractivity contribution in [1.29, 1.82) is 0 Å². The van der Waals surface area contributed by atoms with Gasteiger partial charge in [0.25, 0.3) is 0 Å². The van der Waals surface area contributed by atoms with Gasteiger partial charge in [-0.25, -0.2) is 14.8 Å². The van der Waals surface area contributed by atoms with Crippen LogP contribution in [0.2, 0.25) is 10.0 Å². The molecule has 1 aliphatic rings. The van der Waals surface area contributed by atoms with E-state index in [0.29, 0.717) is 31.6 Å². The number of para-hydroxylation sites is 1. The Hall–Kier alpha value is -3.48. The second-order valence-corrected chi connectivity index (χ2v) is 8.42. The van der Waals surface area contributed by atoms with Crippen LogP contribution in [0.5, 0.6) is 5.88 Å². The van der Waals surface area contributed by atoms with Crippen molar-refractivity contribution < 1.29 is 28.2 Å². The highest BCUT2D eigenvalue weighted by atomic mass is 35.5. The number of aliphatic carboxylic acids is 1. The van der Waals surface area contributed by atoms with Gasteiger partial charge in [-0.05, 0) is 35.6 Å². The van der Waals surface area contributed by atoms with E-state index in [4.69, 9.17) is 33.1 Å². The van der Waals surface area contributed by atoms with E-state index in [1.54, 1.807) is 25.2 Å². The maximum atomic E-state index is 10.6. The zero-order valence-electron chi connectivity index (χ0n) is 17.5. The summed E-state index contributed by atoms with van der Waals surface area (Å²) in [6, 6.07) is 10.9. The Labute approximate surface area is 209 Å². The van der Waals surface area contributed by atoms with E-state index in [-0.39, 0.29) is 5.88 Å². The predicted molar refractivity (Wildman–Crippen MR) is 129 cm³/mol. The first-order valence-electron chi connectivity index (χ1n) is 9.40. The number of thiazole rings is 1. The van der Waals surface area contributed by atoms with E-state index < -0.39 is 12.1 Å². The van der Waals surface area contributed by atoms with E-state index >= 15 is 0 Å². The third kappa shape index (κ3) is 6.56. The molecule has 0 bridgehead atoms. The van der Waals surface area contributed by atoms with Gasteiger partial charge in [-0.15, -0.1) is 0 Å². The number of alkyl halides is 3. The average molecular weight is 544 g/mol. The van der Waals surface area contributed by atoms with Crippen LogP contribution in [0.25, 0.3) is 6.08 Å². The van der Waals surface area contributed by atoms with E-state index in [0.717, 1.165) is 16.1 Å². The first kappa shape index (κ1) is 26.1. The van der Waals surface area contributed by atoms with Crippen LogP contribution in [-0.2, 0) is 4.79 Å². The number of nitrogens with zero attached hydrogens (tertiary/aromatic N) is 4. The number of hydrogen-bond donors (Lipinski definition) is 3. The quantitative estimate of drug-likeness (QED) is 0.452. The number of amidine groups is 1. The number of carboxylic acids is 1. The molecule has 3 aromatic rings. The number of carbonyl (C=O) groups is 1. The third-order valence-electron chi connectivity index (χ3n) is 4.22. The van der Waals surface area contributed by atoms with Crippen molar-refractivity contribution in [2.45, 2.75) is 6.18 Å². The van der Waals surface area contributed by atoms with E-state index in [9.17, 15) is 18.3 Å². The average Bonchev–Trinajstić information content (AvgIpc) is 3.14. The minimum Gasteiger partial charge on any atom is -0.492 e. The first-order chi connectivity index (χ1) is 16.5. The second-order valence-electron chi connectivity index (χ2n) is 6.57. The van der Waals surface area contributed by atoms with Crippen molar-refractivity contribution in [2.24, 2.45) is 15.0 Å². The highest BCUT2D eigenvalue weighted by molar-refractivity contribution is 7.16. The van der Waals surface area contributed by atoms with Gasteiger partial charge in [0.2, 0.25) is 5.88 Å². The number of hydrogen-bond acceptors (Lipinski definition) is 7. The smallest absolute Gasteiger partial charge is 0.490 e.